The lowest BCUT2D eigenvalue weighted by molar-refractivity contribution is -0.605. The number of esters is 1. The number of hydrogen-bond donors (Lipinski definition) is 1. The molecule has 6 nitrogen and oxygen atoms in total. The molecule has 2 atom stereocenters. The lowest BCUT2D eigenvalue weighted by atomic mass is 10.1. The number of nitrogens with one attached hydrogen (secondary N) is 1. The van der Waals surface area contributed by atoms with E-state index in [1.165, 1.54) is 31.5 Å². The number of nitrogens with zero attached hydrogens (tertiary/aromatic N) is 1. The van der Waals surface area contributed by atoms with Crippen LogP contribution < -0.4 is 10.0 Å². The van der Waals surface area contributed by atoms with Gasteiger partial charge in [0, 0.05) is 22.2 Å². The van der Waals surface area contributed by atoms with E-state index < -0.39 is 24.0 Å². The lowest BCUT2D eigenvalue weighted by Gasteiger charge is -2.19. The molecule has 0 bridgehead atoms. The van der Waals surface area contributed by atoms with Gasteiger partial charge in [-0.15, -0.1) is 0 Å². The summed E-state index contributed by atoms with van der Waals surface area (Å²) in [4.78, 5) is 24.2. The zero-order chi connectivity index (χ0) is 18.6. The van der Waals surface area contributed by atoms with Crippen LogP contribution in [0.15, 0.2) is 42.7 Å². The minimum Gasteiger partial charge on any atom is -0.619 e. The monoisotopic (exact) mass is 382 g/mol. The fraction of sp³-hybridized carbons (Fsp3) is 0.235. The Morgan fingerprint density at radius 1 is 1.16 bits per heavy atom. The van der Waals surface area contributed by atoms with Crippen LogP contribution in [0.5, 0.6) is 0 Å². The van der Waals surface area contributed by atoms with Crippen molar-refractivity contribution in [3.05, 3.63) is 69.1 Å². The van der Waals surface area contributed by atoms with Crippen LogP contribution in [0, 0.1) is 5.21 Å². The maximum atomic E-state index is 12.2. The van der Waals surface area contributed by atoms with Crippen LogP contribution in [0.3, 0.4) is 0 Å². The maximum Gasteiger partial charge on any atom is 0.339 e. The Morgan fingerprint density at radius 3 is 2.40 bits per heavy atom. The number of amides is 1. The molecule has 1 N–H and O–H groups in total. The van der Waals surface area contributed by atoms with Crippen LogP contribution in [0.4, 0.5) is 0 Å². The average Bonchev–Trinajstić information content (AvgIpc) is 2.55. The predicted octanol–water partition coefficient (Wildman–Crippen LogP) is 3.05. The zero-order valence-electron chi connectivity index (χ0n) is 13.5. The fourth-order valence-corrected chi connectivity index (χ4v) is 2.66. The number of pyridine rings is 1. The number of hydrogen-bond acceptors (Lipinski definition) is 4. The van der Waals surface area contributed by atoms with Crippen LogP contribution in [0.25, 0.3) is 0 Å². The van der Waals surface area contributed by atoms with E-state index in [2.05, 4.69) is 5.32 Å². The van der Waals surface area contributed by atoms with Gasteiger partial charge in [-0.25, -0.2) is 4.79 Å². The quantitative estimate of drug-likeness (QED) is 0.489. The van der Waals surface area contributed by atoms with Gasteiger partial charge in [0.15, 0.2) is 18.5 Å². The van der Waals surface area contributed by atoms with Crippen molar-refractivity contribution in [3.8, 4) is 0 Å². The fourth-order valence-electron chi connectivity index (χ4n) is 2.09. The number of aromatic nitrogens is 1. The first kappa shape index (κ1) is 19.0. The molecule has 0 saturated carbocycles. The van der Waals surface area contributed by atoms with Gasteiger partial charge in [0.05, 0.1) is 11.6 Å². The summed E-state index contributed by atoms with van der Waals surface area (Å²) in [7, 11) is 0. The van der Waals surface area contributed by atoms with E-state index >= 15 is 0 Å². The molecule has 2 aromatic rings. The number of carbonyl (C=O) groups excluding carboxylic acids is 2. The van der Waals surface area contributed by atoms with E-state index in [0.717, 1.165) is 0 Å². The van der Waals surface area contributed by atoms with Crippen LogP contribution in [-0.4, -0.2) is 18.0 Å². The first-order chi connectivity index (χ1) is 11.8. The average molecular weight is 383 g/mol. The number of ether oxygens (including phenoxy) is 1. The lowest BCUT2D eigenvalue weighted by Crippen LogP contribution is -2.37. The molecule has 8 heteroatoms. The molecule has 0 saturated heterocycles. The highest BCUT2D eigenvalue weighted by Gasteiger charge is 2.22. The summed E-state index contributed by atoms with van der Waals surface area (Å²) in [6, 6.07) is 7.21. The van der Waals surface area contributed by atoms with Crippen molar-refractivity contribution in [3.63, 3.8) is 0 Å². The van der Waals surface area contributed by atoms with Crippen molar-refractivity contribution in [1.82, 2.24) is 5.32 Å². The van der Waals surface area contributed by atoms with Gasteiger partial charge in [-0.3, -0.25) is 4.79 Å². The standard InChI is InChI=1S/C17H16Cl2N2O4/c1-10(14-4-3-13(18)9-15(14)19)20-16(22)11(2)25-17(23)12-5-7-21(24)8-6-12/h3-11H,1-2H3,(H,20,22)/t10-,11+/m1/s1. The Labute approximate surface area is 154 Å². The molecule has 132 valence electrons. The van der Waals surface area contributed by atoms with Gasteiger partial charge in [-0.05, 0) is 31.5 Å². The van der Waals surface area contributed by atoms with E-state index in [9.17, 15) is 14.8 Å². The minimum atomic E-state index is -1.01. The Hall–Kier alpha value is -2.31. The van der Waals surface area contributed by atoms with E-state index in [-0.39, 0.29) is 5.56 Å². The number of halogens is 2. The van der Waals surface area contributed by atoms with Crippen molar-refractivity contribution in [1.29, 1.82) is 0 Å². The summed E-state index contributed by atoms with van der Waals surface area (Å²) in [5.74, 6) is -1.16. The molecular formula is C17H16Cl2N2O4. The van der Waals surface area contributed by atoms with Gasteiger partial charge in [-0.1, -0.05) is 29.3 Å². The molecule has 0 radical (unpaired) electrons. The second-order valence-electron chi connectivity index (χ2n) is 5.39. The Bertz CT molecular complexity index is 781. The van der Waals surface area contributed by atoms with Crippen LogP contribution in [0.1, 0.15) is 35.8 Å². The molecular weight excluding hydrogens is 367 g/mol. The van der Waals surface area contributed by atoms with Crippen LogP contribution in [-0.2, 0) is 9.53 Å². The largest absolute Gasteiger partial charge is 0.619 e. The smallest absolute Gasteiger partial charge is 0.339 e. The Kier molecular flexibility index (Phi) is 6.22. The number of rotatable bonds is 5. The topological polar surface area (TPSA) is 82.3 Å². The summed E-state index contributed by atoms with van der Waals surface area (Å²) in [6.45, 7) is 3.21. The highest BCUT2D eigenvalue weighted by Crippen LogP contribution is 2.26. The molecule has 0 unspecified atom stereocenters. The summed E-state index contributed by atoms with van der Waals surface area (Å²) < 4.78 is 5.65. The molecule has 0 aliphatic heterocycles. The van der Waals surface area contributed by atoms with Crippen molar-refractivity contribution < 1.29 is 19.1 Å². The second-order valence-corrected chi connectivity index (χ2v) is 6.23. The van der Waals surface area contributed by atoms with E-state index in [0.29, 0.717) is 20.3 Å². The normalized spacial score (nSPS) is 13.0. The van der Waals surface area contributed by atoms with Crippen molar-refractivity contribution in [2.24, 2.45) is 0 Å². The molecule has 0 aliphatic rings. The summed E-state index contributed by atoms with van der Waals surface area (Å²) in [6.07, 6.45) is 1.33. The van der Waals surface area contributed by atoms with Crippen molar-refractivity contribution >= 4 is 35.1 Å². The Balaban J connectivity index is 1.97. The van der Waals surface area contributed by atoms with E-state index in [1.807, 2.05) is 0 Å². The molecule has 1 aromatic heterocycles. The third-order valence-corrected chi connectivity index (χ3v) is 4.04. The summed E-state index contributed by atoms with van der Waals surface area (Å²) in [5, 5.41) is 14.6. The molecule has 25 heavy (non-hydrogen) atoms. The van der Waals surface area contributed by atoms with E-state index in [4.69, 9.17) is 27.9 Å². The molecule has 0 fully saturated rings. The van der Waals surface area contributed by atoms with Crippen molar-refractivity contribution in [2.45, 2.75) is 26.0 Å². The van der Waals surface area contributed by atoms with Gasteiger partial charge in [0.25, 0.3) is 5.91 Å². The molecule has 2 rings (SSSR count). The first-order valence-corrected chi connectivity index (χ1v) is 8.18. The molecule has 1 heterocycles. The molecule has 0 spiro atoms. The van der Waals surface area contributed by atoms with Crippen LogP contribution in [0.2, 0.25) is 10.0 Å². The number of carbonyl (C=O) groups is 2. The third kappa shape index (κ3) is 5.08. The maximum absolute atomic E-state index is 12.2. The van der Waals surface area contributed by atoms with Crippen LogP contribution >= 0.6 is 23.2 Å². The predicted molar refractivity (Wildman–Crippen MR) is 93.3 cm³/mol. The second kappa shape index (κ2) is 8.18. The number of benzene rings is 1. The Morgan fingerprint density at radius 2 is 1.80 bits per heavy atom. The van der Waals surface area contributed by atoms with E-state index in [1.54, 1.807) is 25.1 Å². The van der Waals surface area contributed by atoms with Gasteiger partial charge in [0.2, 0.25) is 0 Å². The highest BCUT2D eigenvalue weighted by molar-refractivity contribution is 6.35. The van der Waals surface area contributed by atoms with Crippen molar-refractivity contribution in [2.75, 3.05) is 0 Å². The minimum absolute atomic E-state index is 0.181. The van der Waals surface area contributed by atoms with Gasteiger partial charge < -0.3 is 15.3 Å². The summed E-state index contributed by atoms with van der Waals surface area (Å²) in [5.41, 5.74) is 0.876. The molecule has 1 amide bonds. The zero-order valence-corrected chi connectivity index (χ0v) is 15.0. The highest BCUT2D eigenvalue weighted by atomic mass is 35.5. The van der Waals surface area contributed by atoms with Gasteiger partial charge >= 0.3 is 5.97 Å². The van der Waals surface area contributed by atoms with Gasteiger partial charge in [-0.2, -0.15) is 4.73 Å². The third-order valence-electron chi connectivity index (χ3n) is 3.48. The first-order valence-electron chi connectivity index (χ1n) is 7.43. The summed E-state index contributed by atoms with van der Waals surface area (Å²) >= 11 is 12.0. The molecule has 0 aliphatic carbocycles. The SMILES string of the molecule is C[C@H](OC(=O)c1cc[n+]([O-])cc1)C(=O)N[C@H](C)c1ccc(Cl)cc1Cl. The van der Waals surface area contributed by atoms with Gasteiger partial charge in [0.1, 0.15) is 0 Å². The molecule has 1 aromatic carbocycles.